The normalized spacial score (nSPS) is 9.69. The molecule has 0 unspecified atom stereocenters. The molecule has 0 amide bonds. The molecule has 1 aromatic carbocycles. The second kappa shape index (κ2) is 5.50. The minimum absolute atomic E-state index is 0.0741. The molecule has 0 aliphatic rings. The molecule has 0 spiro atoms. The molecular weight excluding hydrogens is 188 g/mol. The van der Waals surface area contributed by atoms with E-state index in [0.29, 0.717) is 0 Å². The molecule has 0 aromatic heterocycles. The minimum atomic E-state index is -4.00. The molecule has 13 heavy (non-hydrogen) atoms. The third-order valence-electron chi connectivity index (χ3n) is 1.04. The van der Waals surface area contributed by atoms with Gasteiger partial charge in [0.25, 0.3) is 10.1 Å². The molecule has 0 aliphatic heterocycles. The molecule has 3 nitrogen and oxygen atoms in total. The topological polar surface area (TPSA) is 54.4 Å². The summed E-state index contributed by atoms with van der Waals surface area (Å²) in [6, 6.07) is 7.42. The average Bonchev–Trinajstić information content (AvgIpc) is 2.06. The lowest BCUT2D eigenvalue weighted by molar-refractivity contribution is 0.483. The Bertz CT molecular complexity index is 340. The Balaban J connectivity index is 0.000000424. The van der Waals surface area contributed by atoms with Crippen LogP contribution in [0, 0.1) is 0 Å². The minimum Gasteiger partial charge on any atom is -0.282 e. The van der Waals surface area contributed by atoms with Gasteiger partial charge in [0, 0.05) is 0 Å². The Morgan fingerprint density at radius 3 is 1.92 bits per heavy atom. The monoisotopic (exact) mass is 200 g/mol. The molecule has 1 rings (SSSR count). The Kier molecular flexibility index (Phi) is 5.03. The molecular formula is C9H12O3S. The highest BCUT2D eigenvalue weighted by molar-refractivity contribution is 7.85. The van der Waals surface area contributed by atoms with Crippen molar-refractivity contribution in [3.8, 4) is 0 Å². The lowest BCUT2D eigenvalue weighted by Crippen LogP contribution is -1.96. The Morgan fingerprint density at radius 1 is 1.31 bits per heavy atom. The number of hydrogen-bond acceptors (Lipinski definition) is 2. The van der Waals surface area contributed by atoms with Crippen molar-refractivity contribution in [2.24, 2.45) is 0 Å². The van der Waals surface area contributed by atoms with Gasteiger partial charge >= 0.3 is 0 Å². The zero-order valence-corrected chi connectivity index (χ0v) is 8.16. The van der Waals surface area contributed by atoms with E-state index < -0.39 is 10.1 Å². The summed E-state index contributed by atoms with van der Waals surface area (Å²) < 4.78 is 29.2. The lowest BCUT2D eigenvalue weighted by Gasteiger charge is -1.92. The molecule has 0 radical (unpaired) electrons. The highest BCUT2D eigenvalue weighted by atomic mass is 32.2. The van der Waals surface area contributed by atoms with E-state index in [1.807, 2.05) is 6.92 Å². The highest BCUT2D eigenvalue weighted by Crippen LogP contribution is 2.05. The van der Waals surface area contributed by atoms with Crippen molar-refractivity contribution in [2.75, 3.05) is 0 Å². The van der Waals surface area contributed by atoms with Crippen molar-refractivity contribution >= 4 is 10.1 Å². The third kappa shape index (κ3) is 5.16. The van der Waals surface area contributed by atoms with Gasteiger partial charge in [0.2, 0.25) is 0 Å². The summed E-state index contributed by atoms with van der Waals surface area (Å²) in [6.45, 7) is 5.25. The highest BCUT2D eigenvalue weighted by Gasteiger charge is 2.05. The Labute approximate surface area is 78.5 Å². The van der Waals surface area contributed by atoms with Crippen LogP contribution in [-0.4, -0.2) is 13.0 Å². The zero-order chi connectivity index (χ0) is 10.3. The summed E-state index contributed by atoms with van der Waals surface area (Å²) in [5, 5.41) is 0. The summed E-state index contributed by atoms with van der Waals surface area (Å²) in [7, 11) is -4.00. The van der Waals surface area contributed by atoms with Crippen LogP contribution in [0.15, 0.2) is 47.9 Å². The molecule has 4 heteroatoms. The number of benzene rings is 1. The first-order chi connectivity index (χ1) is 6.02. The Hall–Kier alpha value is -1.13. The molecule has 1 aromatic rings. The van der Waals surface area contributed by atoms with Crippen LogP contribution in [0.25, 0.3) is 0 Å². The van der Waals surface area contributed by atoms with E-state index in [9.17, 15) is 8.42 Å². The van der Waals surface area contributed by atoms with Crippen molar-refractivity contribution in [3.05, 3.63) is 43.0 Å². The molecule has 72 valence electrons. The molecule has 0 bridgehead atoms. The summed E-state index contributed by atoms with van der Waals surface area (Å²) >= 11 is 0. The van der Waals surface area contributed by atoms with Gasteiger partial charge < -0.3 is 0 Å². The molecule has 0 atom stereocenters. The maximum absolute atomic E-state index is 10.4. The van der Waals surface area contributed by atoms with E-state index in [2.05, 4.69) is 6.58 Å². The van der Waals surface area contributed by atoms with Crippen molar-refractivity contribution in [1.82, 2.24) is 0 Å². The van der Waals surface area contributed by atoms with Crippen LogP contribution >= 0.6 is 0 Å². The van der Waals surface area contributed by atoms with Gasteiger partial charge in [-0.3, -0.25) is 4.55 Å². The fraction of sp³-hybridized carbons (Fsp3) is 0.111. The predicted octanol–water partition coefficient (Wildman–Crippen LogP) is 2.13. The first-order valence-corrected chi connectivity index (χ1v) is 5.06. The molecule has 0 saturated heterocycles. The van der Waals surface area contributed by atoms with E-state index in [-0.39, 0.29) is 4.90 Å². The molecule has 0 fully saturated rings. The van der Waals surface area contributed by atoms with Crippen LogP contribution in [-0.2, 0) is 10.1 Å². The fourth-order valence-corrected chi connectivity index (χ4v) is 1.09. The predicted molar refractivity (Wildman–Crippen MR) is 52.1 cm³/mol. The largest absolute Gasteiger partial charge is 0.294 e. The van der Waals surface area contributed by atoms with Crippen molar-refractivity contribution in [3.63, 3.8) is 0 Å². The van der Waals surface area contributed by atoms with Gasteiger partial charge in [-0.1, -0.05) is 24.3 Å². The number of allylic oxidation sites excluding steroid dienone is 1. The van der Waals surface area contributed by atoms with Gasteiger partial charge in [0.1, 0.15) is 0 Å². The van der Waals surface area contributed by atoms with Crippen molar-refractivity contribution < 1.29 is 13.0 Å². The van der Waals surface area contributed by atoms with Crippen LogP contribution < -0.4 is 0 Å². The standard InChI is InChI=1S/C6H6O3S.C3H6/c7-10(8,9)6-4-2-1-3-5-6;1-3-2/h1-5H,(H,7,8,9);3H,1H2,2H3. The molecule has 0 aliphatic carbocycles. The first kappa shape index (κ1) is 11.9. The van der Waals surface area contributed by atoms with Gasteiger partial charge in [0.05, 0.1) is 4.90 Å². The first-order valence-electron chi connectivity index (χ1n) is 3.62. The average molecular weight is 200 g/mol. The summed E-state index contributed by atoms with van der Waals surface area (Å²) in [6.07, 6.45) is 1.75. The van der Waals surface area contributed by atoms with Crippen molar-refractivity contribution in [2.45, 2.75) is 11.8 Å². The maximum Gasteiger partial charge on any atom is 0.294 e. The van der Waals surface area contributed by atoms with Gasteiger partial charge in [0.15, 0.2) is 0 Å². The van der Waals surface area contributed by atoms with Crippen LogP contribution in [0.3, 0.4) is 0 Å². The van der Waals surface area contributed by atoms with E-state index in [1.165, 1.54) is 12.1 Å². The quantitative estimate of drug-likeness (QED) is 0.558. The second-order valence-corrected chi connectivity index (χ2v) is 3.62. The summed E-state index contributed by atoms with van der Waals surface area (Å²) in [5.74, 6) is 0. The van der Waals surface area contributed by atoms with Gasteiger partial charge in [-0.2, -0.15) is 8.42 Å². The van der Waals surface area contributed by atoms with Crippen LogP contribution in [0.4, 0.5) is 0 Å². The summed E-state index contributed by atoms with van der Waals surface area (Å²) in [5.41, 5.74) is 0. The lowest BCUT2D eigenvalue weighted by atomic mass is 10.4. The van der Waals surface area contributed by atoms with Gasteiger partial charge in [-0.15, -0.1) is 6.58 Å². The maximum atomic E-state index is 10.4. The van der Waals surface area contributed by atoms with E-state index in [0.717, 1.165) is 0 Å². The number of rotatable bonds is 1. The van der Waals surface area contributed by atoms with Crippen molar-refractivity contribution in [1.29, 1.82) is 0 Å². The fourth-order valence-electron chi connectivity index (χ4n) is 0.592. The molecule has 1 N–H and O–H groups in total. The smallest absolute Gasteiger partial charge is 0.282 e. The third-order valence-corrected chi connectivity index (χ3v) is 1.91. The molecule has 0 heterocycles. The Morgan fingerprint density at radius 2 is 1.69 bits per heavy atom. The zero-order valence-electron chi connectivity index (χ0n) is 7.34. The number of hydrogen-bond donors (Lipinski definition) is 1. The van der Waals surface area contributed by atoms with E-state index in [1.54, 1.807) is 24.3 Å². The second-order valence-electron chi connectivity index (χ2n) is 2.20. The summed E-state index contributed by atoms with van der Waals surface area (Å²) in [4.78, 5) is -0.0741. The van der Waals surface area contributed by atoms with Gasteiger partial charge in [-0.25, -0.2) is 0 Å². The van der Waals surface area contributed by atoms with E-state index >= 15 is 0 Å². The van der Waals surface area contributed by atoms with Crippen LogP contribution in [0.2, 0.25) is 0 Å². The van der Waals surface area contributed by atoms with Gasteiger partial charge in [-0.05, 0) is 19.1 Å². The van der Waals surface area contributed by atoms with Crippen LogP contribution in [0.5, 0.6) is 0 Å². The molecule has 0 saturated carbocycles. The van der Waals surface area contributed by atoms with Crippen LogP contribution in [0.1, 0.15) is 6.92 Å². The van der Waals surface area contributed by atoms with E-state index in [4.69, 9.17) is 4.55 Å². The SMILES string of the molecule is C=CC.O=S(=O)(O)c1ccccc1.